The topological polar surface area (TPSA) is 92.9 Å². The summed E-state index contributed by atoms with van der Waals surface area (Å²) in [7, 11) is 0. The molecule has 2 aromatic rings. The van der Waals surface area contributed by atoms with E-state index in [0.29, 0.717) is 23.5 Å². The fourth-order valence-corrected chi connectivity index (χ4v) is 2.77. The number of carbonyl (C=O) groups excluding carboxylic acids is 1. The maximum absolute atomic E-state index is 12.7. The van der Waals surface area contributed by atoms with Crippen LogP contribution in [0.3, 0.4) is 0 Å². The molecule has 0 fully saturated rings. The molecule has 2 rings (SSSR count). The van der Waals surface area contributed by atoms with E-state index in [-0.39, 0.29) is 10.7 Å². The molecule has 0 aliphatic rings. The largest absolute Gasteiger partial charge is 0.426 e. The summed E-state index contributed by atoms with van der Waals surface area (Å²) in [6.07, 6.45) is -5.11. The number of hydrogen-bond acceptors (Lipinski definition) is 6. The second kappa shape index (κ2) is 7.18. The maximum Gasteiger partial charge on any atom is 0.426 e. The lowest BCUT2D eigenvalue weighted by molar-refractivity contribution is -0.242. The Hall–Kier alpha value is -1.85. The molecule has 0 radical (unpaired) electrons. The van der Waals surface area contributed by atoms with E-state index in [1.54, 1.807) is 4.68 Å². The Morgan fingerprint density at radius 1 is 1.44 bits per heavy atom. The van der Waals surface area contributed by atoms with Gasteiger partial charge in [0.05, 0.1) is 10.7 Å². The number of halogens is 4. The van der Waals surface area contributed by atoms with Crippen LogP contribution in [0.5, 0.6) is 0 Å². The van der Waals surface area contributed by atoms with Crippen LogP contribution in [-0.4, -0.2) is 43.0 Å². The lowest BCUT2D eigenvalue weighted by Crippen LogP contribution is -2.52. The van der Waals surface area contributed by atoms with Gasteiger partial charge in [0, 0.05) is 11.4 Å². The van der Waals surface area contributed by atoms with Gasteiger partial charge in [0.25, 0.3) is 5.91 Å². The van der Waals surface area contributed by atoms with E-state index >= 15 is 0 Å². The molecule has 1 heterocycles. The van der Waals surface area contributed by atoms with Crippen LogP contribution in [0.2, 0.25) is 5.02 Å². The number of alkyl halides is 3. The molecule has 0 unspecified atom stereocenters. The SMILES string of the molecule is CCn1nnnc1Sc1ccc(NC(=O)[C@@](C)(O)C(F)(F)F)c(Cl)c1. The summed E-state index contributed by atoms with van der Waals surface area (Å²) in [5, 5.41) is 23.0. The Labute approximate surface area is 149 Å². The smallest absolute Gasteiger partial charge is 0.373 e. The van der Waals surface area contributed by atoms with Crippen molar-refractivity contribution >= 4 is 35.0 Å². The van der Waals surface area contributed by atoms with Crippen LogP contribution in [-0.2, 0) is 11.3 Å². The van der Waals surface area contributed by atoms with Crippen LogP contribution < -0.4 is 5.32 Å². The number of aromatic nitrogens is 4. The molecule has 0 saturated heterocycles. The Balaban J connectivity index is 2.16. The van der Waals surface area contributed by atoms with Crippen molar-refractivity contribution in [1.29, 1.82) is 0 Å². The van der Waals surface area contributed by atoms with E-state index in [4.69, 9.17) is 11.6 Å². The maximum atomic E-state index is 12.7. The van der Waals surface area contributed by atoms with Crippen molar-refractivity contribution in [3.05, 3.63) is 23.2 Å². The van der Waals surface area contributed by atoms with Gasteiger partial charge in [-0.2, -0.15) is 13.2 Å². The van der Waals surface area contributed by atoms with Crippen LogP contribution in [0, 0.1) is 0 Å². The number of anilines is 1. The predicted molar refractivity (Wildman–Crippen MR) is 84.4 cm³/mol. The minimum atomic E-state index is -5.11. The van der Waals surface area contributed by atoms with Crippen molar-refractivity contribution in [2.24, 2.45) is 0 Å². The average Bonchev–Trinajstić information content (AvgIpc) is 2.95. The summed E-state index contributed by atoms with van der Waals surface area (Å²) < 4.78 is 39.5. The highest BCUT2D eigenvalue weighted by atomic mass is 35.5. The summed E-state index contributed by atoms with van der Waals surface area (Å²) in [5.41, 5.74) is -3.59. The Bertz CT molecular complexity index is 781. The lowest BCUT2D eigenvalue weighted by Gasteiger charge is -2.25. The van der Waals surface area contributed by atoms with E-state index in [1.807, 2.05) is 12.2 Å². The van der Waals surface area contributed by atoms with Gasteiger partial charge in [-0.1, -0.05) is 11.6 Å². The molecule has 1 amide bonds. The number of rotatable bonds is 5. The zero-order valence-corrected chi connectivity index (χ0v) is 14.6. The van der Waals surface area contributed by atoms with Gasteiger partial charge < -0.3 is 10.4 Å². The number of amides is 1. The average molecular weight is 396 g/mol. The van der Waals surface area contributed by atoms with Crippen molar-refractivity contribution in [3.63, 3.8) is 0 Å². The standard InChI is InChI=1S/C13H13ClF3N5O2S/c1-3-22-11(19-20-21-22)25-7-4-5-9(8(14)6-7)18-10(23)12(2,24)13(15,16)17/h4-6,24H,3H2,1-2H3,(H,18,23)/t12-/m1/s1. The number of benzene rings is 1. The molecule has 1 aromatic carbocycles. The molecule has 0 aliphatic carbocycles. The first-order valence-corrected chi connectivity index (χ1v) is 8.09. The van der Waals surface area contributed by atoms with E-state index in [2.05, 4.69) is 15.5 Å². The van der Waals surface area contributed by atoms with Gasteiger partial charge in [0.15, 0.2) is 0 Å². The number of aryl methyl sites for hydroxylation is 1. The normalized spacial score (nSPS) is 14.2. The molecule has 1 atom stereocenters. The third-order valence-corrected chi connectivity index (χ3v) is 4.47. The summed E-state index contributed by atoms with van der Waals surface area (Å²) in [5.74, 6) is -1.63. The van der Waals surface area contributed by atoms with Crippen LogP contribution in [0.15, 0.2) is 28.3 Å². The molecule has 7 nitrogen and oxygen atoms in total. The molecule has 2 N–H and O–H groups in total. The van der Waals surface area contributed by atoms with Gasteiger partial charge in [-0.3, -0.25) is 4.79 Å². The summed E-state index contributed by atoms with van der Waals surface area (Å²) in [4.78, 5) is 12.3. The number of nitrogens with one attached hydrogen (secondary N) is 1. The Kier molecular flexibility index (Phi) is 5.59. The van der Waals surface area contributed by atoms with Gasteiger partial charge in [0.1, 0.15) is 0 Å². The summed E-state index contributed by atoms with van der Waals surface area (Å²) in [6.45, 7) is 2.79. The molecule has 0 aliphatic heterocycles. The second-order valence-corrected chi connectivity index (χ2v) is 6.49. The molecule has 1 aromatic heterocycles. The number of nitrogens with zero attached hydrogens (tertiary/aromatic N) is 4. The van der Waals surface area contributed by atoms with E-state index in [9.17, 15) is 23.1 Å². The highest BCUT2D eigenvalue weighted by Gasteiger charge is 2.55. The fraction of sp³-hybridized carbons (Fsp3) is 0.385. The monoisotopic (exact) mass is 395 g/mol. The van der Waals surface area contributed by atoms with Crippen molar-refractivity contribution in [2.45, 2.75) is 42.2 Å². The van der Waals surface area contributed by atoms with Crippen LogP contribution >= 0.6 is 23.4 Å². The minimum absolute atomic E-state index is 0.00634. The molecule has 0 bridgehead atoms. The van der Waals surface area contributed by atoms with E-state index in [1.165, 1.54) is 30.0 Å². The van der Waals surface area contributed by atoms with E-state index < -0.39 is 17.7 Å². The van der Waals surface area contributed by atoms with Gasteiger partial charge in [-0.25, -0.2) is 4.68 Å². The van der Waals surface area contributed by atoms with Crippen molar-refractivity contribution < 1.29 is 23.1 Å². The predicted octanol–water partition coefficient (Wildman–Crippen LogP) is 2.75. The van der Waals surface area contributed by atoms with Gasteiger partial charge in [-0.15, -0.1) is 5.10 Å². The first-order valence-electron chi connectivity index (χ1n) is 6.90. The fourth-order valence-electron chi connectivity index (χ4n) is 1.61. The zero-order chi connectivity index (χ0) is 18.8. The third-order valence-electron chi connectivity index (χ3n) is 3.19. The van der Waals surface area contributed by atoms with Crippen molar-refractivity contribution in [2.75, 3.05) is 5.32 Å². The first-order chi connectivity index (χ1) is 11.6. The van der Waals surface area contributed by atoms with E-state index in [0.717, 1.165) is 0 Å². The molecule has 25 heavy (non-hydrogen) atoms. The van der Waals surface area contributed by atoms with Crippen molar-refractivity contribution in [3.8, 4) is 0 Å². The highest BCUT2D eigenvalue weighted by molar-refractivity contribution is 7.99. The van der Waals surface area contributed by atoms with Crippen LogP contribution in [0.4, 0.5) is 18.9 Å². The Morgan fingerprint density at radius 3 is 2.68 bits per heavy atom. The first kappa shape index (κ1) is 19.5. The zero-order valence-electron chi connectivity index (χ0n) is 13.0. The number of tetrazole rings is 1. The molecule has 136 valence electrons. The van der Waals surface area contributed by atoms with Crippen LogP contribution in [0.1, 0.15) is 13.8 Å². The highest BCUT2D eigenvalue weighted by Crippen LogP contribution is 2.34. The number of carbonyl (C=O) groups is 1. The van der Waals surface area contributed by atoms with Gasteiger partial charge >= 0.3 is 6.18 Å². The summed E-state index contributed by atoms with van der Waals surface area (Å²) in [6, 6.07) is 4.30. The summed E-state index contributed by atoms with van der Waals surface area (Å²) >= 11 is 7.20. The van der Waals surface area contributed by atoms with Gasteiger partial charge in [0.2, 0.25) is 10.8 Å². The van der Waals surface area contributed by atoms with Crippen LogP contribution in [0.25, 0.3) is 0 Å². The molecular formula is C13H13ClF3N5O2S. The minimum Gasteiger partial charge on any atom is -0.373 e. The molecule has 0 spiro atoms. The molecular weight excluding hydrogens is 383 g/mol. The molecule has 12 heteroatoms. The Morgan fingerprint density at radius 2 is 2.12 bits per heavy atom. The number of hydrogen-bond donors (Lipinski definition) is 2. The lowest BCUT2D eigenvalue weighted by atomic mass is 10.1. The quantitative estimate of drug-likeness (QED) is 0.808. The van der Waals surface area contributed by atoms with Crippen molar-refractivity contribution in [1.82, 2.24) is 20.2 Å². The third kappa shape index (κ3) is 4.22. The second-order valence-electron chi connectivity index (χ2n) is 5.05. The molecule has 0 saturated carbocycles. The number of aliphatic hydroxyl groups is 1. The van der Waals surface area contributed by atoms with Gasteiger partial charge in [-0.05, 0) is 54.2 Å².